The second kappa shape index (κ2) is 27.6. The van der Waals surface area contributed by atoms with E-state index >= 15 is 0 Å². The quantitative estimate of drug-likeness (QED) is 0.0221. The summed E-state index contributed by atoms with van der Waals surface area (Å²) in [4.78, 5) is 99.8. The van der Waals surface area contributed by atoms with Gasteiger partial charge in [-0.3, -0.25) is 33.6 Å². The van der Waals surface area contributed by atoms with E-state index < -0.39 is 59.0 Å². The predicted molar refractivity (Wildman–Crippen MR) is 298 cm³/mol. The number of fused-ring (bicyclic) bond motifs is 6. The van der Waals surface area contributed by atoms with Crippen LogP contribution in [0.3, 0.4) is 0 Å². The Morgan fingerprint density at radius 1 is 0.513 bits per heavy atom. The Morgan fingerprint density at radius 2 is 0.974 bits per heavy atom. The molecule has 0 aromatic heterocycles. The lowest BCUT2D eigenvalue weighted by molar-refractivity contribution is -0.156. The van der Waals surface area contributed by atoms with Gasteiger partial charge in [-0.2, -0.15) is 5.48 Å². The third-order valence-corrected chi connectivity index (χ3v) is 13.8. The van der Waals surface area contributed by atoms with Crippen molar-refractivity contribution in [2.75, 3.05) is 26.4 Å². The molecule has 420 valence electrons. The van der Waals surface area contributed by atoms with Crippen molar-refractivity contribution in [1.82, 2.24) is 16.1 Å². The summed E-state index contributed by atoms with van der Waals surface area (Å²) in [5, 5.41) is 5.91. The number of esters is 3. The SMILES string of the molecule is CC(C)(C)CC[C@@H](CC(=O)OCC1c2ccccc2-c2ccccc21)C(=O)NCCCC[C@@H](NC(=O)[C@@H](CCC(=O)OC(C)(C)C)CC(=O)OCC1c2ccccc2-c2ccccc21)C(=O)CCCONC(=O)OC(C)(C)C. The van der Waals surface area contributed by atoms with E-state index in [1.807, 2.05) is 72.8 Å². The molecule has 3 N–H and O–H groups in total. The monoisotopic (exact) mass is 1070 g/mol. The molecule has 0 saturated carbocycles. The average Bonchev–Trinajstić information content (AvgIpc) is 4.14. The van der Waals surface area contributed by atoms with Gasteiger partial charge in [-0.25, -0.2) is 4.79 Å². The number of hydrogen-bond donors (Lipinski definition) is 3. The van der Waals surface area contributed by atoms with Gasteiger partial charge in [-0.05, 0) is 136 Å². The van der Waals surface area contributed by atoms with Crippen molar-refractivity contribution in [3.05, 3.63) is 119 Å². The summed E-state index contributed by atoms with van der Waals surface area (Å²) in [5.74, 6) is -4.80. The second-order valence-corrected chi connectivity index (χ2v) is 23.7. The van der Waals surface area contributed by atoms with Gasteiger partial charge in [0, 0.05) is 43.1 Å². The van der Waals surface area contributed by atoms with Crippen LogP contribution in [0.4, 0.5) is 4.79 Å². The van der Waals surface area contributed by atoms with Crippen molar-refractivity contribution in [2.24, 2.45) is 17.3 Å². The van der Waals surface area contributed by atoms with Gasteiger partial charge < -0.3 is 29.6 Å². The van der Waals surface area contributed by atoms with Crippen molar-refractivity contribution in [3.63, 3.8) is 0 Å². The highest BCUT2D eigenvalue weighted by atomic mass is 16.7. The maximum absolute atomic E-state index is 14.3. The molecule has 78 heavy (non-hydrogen) atoms. The van der Waals surface area contributed by atoms with Crippen LogP contribution in [0, 0.1) is 17.3 Å². The molecule has 15 nitrogen and oxygen atoms in total. The predicted octanol–water partition coefficient (Wildman–Crippen LogP) is 11.2. The summed E-state index contributed by atoms with van der Waals surface area (Å²) in [6, 6.07) is 31.2. The molecule has 6 rings (SSSR count). The number of unbranched alkanes of at least 4 members (excludes halogenated alkanes) is 1. The van der Waals surface area contributed by atoms with Crippen LogP contribution < -0.4 is 16.1 Å². The first-order valence-corrected chi connectivity index (χ1v) is 27.6. The zero-order valence-corrected chi connectivity index (χ0v) is 47.1. The Kier molecular flexibility index (Phi) is 21.4. The molecule has 0 saturated heterocycles. The van der Waals surface area contributed by atoms with Crippen LogP contribution in [0.1, 0.15) is 167 Å². The molecule has 0 unspecified atom stereocenters. The first-order valence-electron chi connectivity index (χ1n) is 27.6. The number of hydrogen-bond acceptors (Lipinski definition) is 12. The number of carbonyl (C=O) groups is 7. The molecule has 0 aliphatic heterocycles. The standard InChI is InChI=1S/C63H81N3O12/c1-61(2,3)34-33-42(38-57(70)75-40-52-49-27-16-12-23-45(49)46-24-13-17-28-50(46)52)58(71)64-35-19-18-29-53(54(67)30-20-36-76-66-60(73)78-63(7,8)9)65-59(72)41(31-32-55(68)77-62(4,5)6)37-56(69)74-39-51-47-25-14-10-21-43(47)44-22-11-15-26-48(44)51/h10-17,21-28,41-42,51-53H,18-20,29-40H2,1-9H3,(H,64,71)(H,65,72)(H,66,73)/t41-,42-,53+/m0/s1. The Labute approximate surface area is 460 Å². The minimum absolute atomic E-state index is 0.0234. The molecule has 3 atom stereocenters. The van der Waals surface area contributed by atoms with Crippen LogP contribution in [0.25, 0.3) is 22.3 Å². The molecule has 4 aromatic rings. The van der Waals surface area contributed by atoms with Crippen molar-refractivity contribution < 1.29 is 57.3 Å². The Hall–Kier alpha value is -6.87. The normalized spacial score (nSPS) is 14.1. The van der Waals surface area contributed by atoms with Crippen LogP contribution >= 0.6 is 0 Å². The molecule has 2 aliphatic carbocycles. The topological polar surface area (TPSA) is 202 Å². The summed E-state index contributed by atoms with van der Waals surface area (Å²) in [6.07, 6.45) is 0.949. The molecular weight excluding hydrogens is 991 g/mol. The fourth-order valence-corrected chi connectivity index (χ4v) is 10.0. The second-order valence-electron chi connectivity index (χ2n) is 23.7. The minimum Gasteiger partial charge on any atom is -0.465 e. The lowest BCUT2D eigenvalue weighted by atomic mass is 9.85. The van der Waals surface area contributed by atoms with Crippen LogP contribution in [0.5, 0.6) is 0 Å². The third-order valence-electron chi connectivity index (χ3n) is 13.8. The molecule has 0 heterocycles. The molecule has 4 aromatic carbocycles. The van der Waals surface area contributed by atoms with Gasteiger partial charge in [0.15, 0.2) is 5.78 Å². The number of ketones is 1. The van der Waals surface area contributed by atoms with Crippen LogP contribution in [-0.2, 0) is 52.6 Å². The number of Topliss-reactive ketones (excluding diaryl/α,β-unsaturated/α-hetero) is 1. The smallest absolute Gasteiger partial charge is 0.431 e. The number of ether oxygens (including phenoxy) is 4. The molecule has 0 bridgehead atoms. The highest BCUT2D eigenvalue weighted by Gasteiger charge is 2.34. The molecule has 0 radical (unpaired) electrons. The van der Waals surface area contributed by atoms with E-state index in [9.17, 15) is 33.6 Å². The third kappa shape index (κ3) is 18.4. The summed E-state index contributed by atoms with van der Waals surface area (Å²) in [6.45, 7) is 17.1. The summed E-state index contributed by atoms with van der Waals surface area (Å²) >= 11 is 0. The fraction of sp³-hybridized carbons (Fsp3) is 0.508. The number of nitrogens with one attached hydrogen (secondary N) is 3. The maximum Gasteiger partial charge on any atom is 0.431 e. The first-order chi connectivity index (χ1) is 37.0. The molecule has 2 aliphatic rings. The highest BCUT2D eigenvalue weighted by Crippen LogP contribution is 2.46. The van der Waals surface area contributed by atoms with E-state index in [1.54, 1.807) is 41.5 Å². The summed E-state index contributed by atoms with van der Waals surface area (Å²) in [7, 11) is 0. The van der Waals surface area contributed by atoms with Gasteiger partial charge in [-0.1, -0.05) is 118 Å². The number of hydroxylamine groups is 1. The van der Waals surface area contributed by atoms with Crippen molar-refractivity contribution in [2.45, 2.75) is 162 Å². The Bertz CT molecular complexity index is 2640. The van der Waals surface area contributed by atoms with E-state index in [4.69, 9.17) is 23.8 Å². The summed E-state index contributed by atoms with van der Waals surface area (Å²) in [5.41, 5.74) is 9.26. The first kappa shape index (κ1) is 60.4. The van der Waals surface area contributed by atoms with Gasteiger partial charge in [0.05, 0.1) is 25.5 Å². The van der Waals surface area contributed by atoms with Crippen LogP contribution in [0.15, 0.2) is 97.1 Å². The van der Waals surface area contributed by atoms with Gasteiger partial charge in [0.2, 0.25) is 11.8 Å². The Morgan fingerprint density at radius 3 is 1.44 bits per heavy atom. The van der Waals surface area contributed by atoms with Crippen LogP contribution in [0.2, 0.25) is 0 Å². The highest BCUT2D eigenvalue weighted by molar-refractivity contribution is 5.91. The average molecular weight is 1070 g/mol. The van der Waals surface area contributed by atoms with Crippen molar-refractivity contribution >= 4 is 41.6 Å². The van der Waals surface area contributed by atoms with E-state index in [0.29, 0.717) is 25.7 Å². The molecule has 15 heteroatoms. The number of amides is 3. The van der Waals surface area contributed by atoms with E-state index in [0.717, 1.165) is 44.5 Å². The van der Waals surface area contributed by atoms with Gasteiger partial charge in [0.1, 0.15) is 24.4 Å². The summed E-state index contributed by atoms with van der Waals surface area (Å²) < 4.78 is 22.6. The molecule has 3 amide bonds. The zero-order chi connectivity index (χ0) is 56.6. The number of benzene rings is 4. The maximum atomic E-state index is 14.3. The van der Waals surface area contributed by atoms with E-state index in [-0.39, 0.29) is 100 Å². The van der Waals surface area contributed by atoms with E-state index in [1.165, 1.54) is 0 Å². The number of rotatable bonds is 27. The van der Waals surface area contributed by atoms with Crippen molar-refractivity contribution in [1.29, 1.82) is 0 Å². The molecular formula is C63H81N3O12. The van der Waals surface area contributed by atoms with Crippen LogP contribution in [-0.4, -0.2) is 85.2 Å². The fourth-order valence-electron chi connectivity index (χ4n) is 10.0. The lowest BCUT2D eigenvalue weighted by Gasteiger charge is -2.24. The lowest BCUT2D eigenvalue weighted by Crippen LogP contribution is -2.44. The largest absolute Gasteiger partial charge is 0.465 e. The van der Waals surface area contributed by atoms with Gasteiger partial charge in [-0.15, -0.1) is 0 Å². The zero-order valence-electron chi connectivity index (χ0n) is 47.1. The van der Waals surface area contributed by atoms with Gasteiger partial charge >= 0.3 is 24.0 Å². The van der Waals surface area contributed by atoms with E-state index in [2.05, 4.69) is 61.2 Å². The molecule has 0 fully saturated rings. The Balaban J connectivity index is 1.08. The van der Waals surface area contributed by atoms with Gasteiger partial charge in [0.25, 0.3) is 0 Å². The minimum atomic E-state index is -1.05. The van der Waals surface area contributed by atoms with Crippen molar-refractivity contribution in [3.8, 4) is 22.3 Å². The number of carbonyl (C=O) groups excluding carboxylic acids is 7. The molecule has 0 spiro atoms.